The molecule has 0 aliphatic heterocycles. The molecule has 0 aliphatic rings. The molecule has 0 aliphatic carbocycles. The van der Waals surface area contributed by atoms with Gasteiger partial charge in [0.25, 0.3) is 0 Å². The molecule has 0 saturated carbocycles. The molecule has 6 nitrogen and oxygen atoms in total. The van der Waals surface area contributed by atoms with Crippen molar-refractivity contribution in [3.05, 3.63) is 12.7 Å². The topological polar surface area (TPSA) is 116 Å². The minimum absolute atomic E-state index is 0.0504. The standard InChI is InChI=1S/C8H14N2O4/c1-2-3-14-8(13)6(10)4-5(9)7(11)12/h2,5-6H,1,3-4,9-10H2,(H,11,12). The fraction of sp³-hybridized carbons (Fsp3) is 0.500. The summed E-state index contributed by atoms with van der Waals surface area (Å²) < 4.78 is 4.60. The molecule has 5 N–H and O–H groups in total. The molecule has 0 rings (SSSR count). The monoisotopic (exact) mass is 202 g/mol. The molecule has 0 fully saturated rings. The Morgan fingerprint density at radius 2 is 2.00 bits per heavy atom. The van der Waals surface area contributed by atoms with Crippen LogP contribution in [0.3, 0.4) is 0 Å². The van der Waals surface area contributed by atoms with E-state index in [1.807, 2.05) is 0 Å². The van der Waals surface area contributed by atoms with Crippen molar-refractivity contribution in [2.24, 2.45) is 11.5 Å². The summed E-state index contributed by atoms with van der Waals surface area (Å²) in [6, 6.07) is -2.16. The van der Waals surface area contributed by atoms with Gasteiger partial charge in [0.05, 0.1) is 0 Å². The van der Waals surface area contributed by atoms with Crippen molar-refractivity contribution in [2.75, 3.05) is 6.61 Å². The van der Waals surface area contributed by atoms with E-state index in [1.54, 1.807) is 0 Å². The Morgan fingerprint density at radius 3 is 2.43 bits per heavy atom. The molecular formula is C8H14N2O4. The van der Waals surface area contributed by atoms with E-state index in [0.717, 1.165) is 0 Å². The number of ether oxygens (including phenoxy) is 1. The number of hydrogen-bond acceptors (Lipinski definition) is 5. The zero-order valence-corrected chi connectivity index (χ0v) is 7.68. The summed E-state index contributed by atoms with van der Waals surface area (Å²) >= 11 is 0. The molecule has 0 aromatic heterocycles. The molecule has 0 bridgehead atoms. The van der Waals surface area contributed by atoms with E-state index in [1.165, 1.54) is 6.08 Å². The number of carbonyl (C=O) groups is 2. The second kappa shape index (κ2) is 6.11. The lowest BCUT2D eigenvalue weighted by atomic mass is 10.1. The van der Waals surface area contributed by atoms with Gasteiger partial charge >= 0.3 is 11.9 Å². The molecule has 0 saturated heterocycles. The van der Waals surface area contributed by atoms with Crippen LogP contribution in [0.1, 0.15) is 6.42 Å². The fourth-order valence-electron chi connectivity index (χ4n) is 0.719. The van der Waals surface area contributed by atoms with Gasteiger partial charge in [0.1, 0.15) is 18.7 Å². The zero-order chi connectivity index (χ0) is 11.1. The largest absolute Gasteiger partial charge is 0.480 e. The van der Waals surface area contributed by atoms with E-state index in [2.05, 4.69) is 11.3 Å². The molecule has 6 heteroatoms. The number of rotatable bonds is 6. The normalized spacial score (nSPS) is 14.1. The first-order valence-corrected chi connectivity index (χ1v) is 4.00. The molecule has 0 radical (unpaired) electrons. The van der Waals surface area contributed by atoms with Gasteiger partial charge in [-0.25, -0.2) is 0 Å². The number of nitrogens with two attached hydrogens (primary N) is 2. The number of carboxylic acids is 1. The summed E-state index contributed by atoms with van der Waals surface area (Å²) in [5.74, 6) is -1.88. The number of hydrogen-bond donors (Lipinski definition) is 3. The van der Waals surface area contributed by atoms with E-state index in [9.17, 15) is 9.59 Å². The lowest BCUT2D eigenvalue weighted by molar-refractivity contribution is -0.144. The van der Waals surface area contributed by atoms with Crippen molar-refractivity contribution in [2.45, 2.75) is 18.5 Å². The van der Waals surface area contributed by atoms with Gasteiger partial charge in [-0.1, -0.05) is 12.7 Å². The average molecular weight is 202 g/mol. The van der Waals surface area contributed by atoms with Crippen molar-refractivity contribution in [1.29, 1.82) is 0 Å². The molecular weight excluding hydrogens is 188 g/mol. The van der Waals surface area contributed by atoms with Gasteiger partial charge in [0.15, 0.2) is 0 Å². The Morgan fingerprint density at radius 1 is 1.43 bits per heavy atom. The molecule has 14 heavy (non-hydrogen) atoms. The van der Waals surface area contributed by atoms with E-state index in [-0.39, 0.29) is 13.0 Å². The molecule has 0 aromatic rings. The van der Waals surface area contributed by atoms with E-state index in [4.69, 9.17) is 16.6 Å². The average Bonchev–Trinajstić information content (AvgIpc) is 2.13. The third-order valence-electron chi connectivity index (χ3n) is 1.47. The Hall–Kier alpha value is -1.40. The first kappa shape index (κ1) is 12.6. The maximum atomic E-state index is 11.0. The van der Waals surface area contributed by atoms with Crippen LogP contribution in [0, 0.1) is 0 Å². The maximum Gasteiger partial charge on any atom is 0.323 e. The fourth-order valence-corrected chi connectivity index (χ4v) is 0.719. The minimum atomic E-state index is -1.20. The van der Waals surface area contributed by atoms with Crippen LogP contribution in [0.5, 0.6) is 0 Å². The van der Waals surface area contributed by atoms with E-state index < -0.39 is 24.0 Å². The summed E-state index contributed by atoms with van der Waals surface area (Å²) in [4.78, 5) is 21.3. The third-order valence-corrected chi connectivity index (χ3v) is 1.47. The van der Waals surface area contributed by atoms with Crippen LogP contribution in [0.4, 0.5) is 0 Å². The molecule has 0 heterocycles. The van der Waals surface area contributed by atoms with Gasteiger partial charge in [-0.3, -0.25) is 9.59 Å². The third kappa shape index (κ3) is 4.58. The zero-order valence-electron chi connectivity index (χ0n) is 7.68. The van der Waals surface area contributed by atoms with Crippen LogP contribution in [-0.4, -0.2) is 35.7 Å². The predicted octanol–water partition coefficient (Wildman–Crippen LogP) is -1.16. The highest BCUT2D eigenvalue weighted by Crippen LogP contribution is 1.96. The second-order valence-corrected chi connectivity index (χ2v) is 2.71. The van der Waals surface area contributed by atoms with E-state index >= 15 is 0 Å². The van der Waals surface area contributed by atoms with Gasteiger partial charge in [-0.05, 0) is 6.42 Å². The van der Waals surface area contributed by atoms with Crippen LogP contribution in [0.15, 0.2) is 12.7 Å². The van der Waals surface area contributed by atoms with E-state index in [0.29, 0.717) is 0 Å². The number of carbonyl (C=O) groups excluding carboxylic acids is 1. The quantitative estimate of drug-likeness (QED) is 0.370. The Labute approximate surface area is 81.5 Å². The molecule has 0 amide bonds. The highest BCUT2D eigenvalue weighted by atomic mass is 16.5. The first-order chi connectivity index (χ1) is 6.49. The second-order valence-electron chi connectivity index (χ2n) is 2.71. The van der Waals surface area contributed by atoms with Crippen molar-refractivity contribution in [1.82, 2.24) is 0 Å². The summed E-state index contributed by atoms with van der Waals surface area (Å²) in [6.45, 7) is 3.39. The highest BCUT2D eigenvalue weighted by Gasteiger charge is 2.21. The van der Waals surface area contributed by atoms with Gasteiger partial charge in [-0.2, -0.15) is 0 Å². The Balaban J connectivity index is 3.94. The lowest BCUT2D eigenvalue weighted by Gasteiger charge is -2.12. The van der Waals surface area contributed by atoms with Crippen LogP contribution >= 0.6 is 0 Å². The summed E-state index contributed by atoms with van der Waals surface area (Å²) in [5, 5.41) is 8.44. The number of aliphatic carboxylic acids is 1. The lowest BCUT2D eigenvalue weighted by Crippen LogP contribution is -2.42. The van der Waals surface area contributed by atoms with Gasteiger partial charge < -0.3 is 21.3 Å². The Kier molecular flexibility index (Phi) is 5.50. The van der Waals surface area contributed by atoms with Crippen LogP contribution in [0.25, 0.3) is 0 Å². The SMILES string of the molecule is C=CCOC(=O)C(N)CC(N)C(=O)O. The molecule has 2 atom stereocenters. The smallest absolute Gasteiger partial charge is 0.323 e. The van der Waals surface area contributed by atoms with Crippen molar-refractivity contribution >= 4 is 11.9 Å². The predicted molar refractivity (Wildman–Crippen MR) is 49.4 cm³/mol. The first-order valence-electron chi connectivity index (χ1n) is 4.00. The van der Waals surface area contributed by atoms with Crippen LogP contribution in [0.2, 0.25) is 0 Å². The van der Waals surface area contributed by atoms with Gasteiger partial charge in [0.2, 0.25) is 0 Å². The molecule has 0 aromatic carbocycles. The molecule has 80 valence electrons. The van der Waals surface area contributed by atoms with Gasteiger partial charge in [0, 0.05) is 0 Å². The molecule has 2 unspecified atom stereocenters. The summed E-state index contributed by atoms with van der Waals surface area (Å²) in [5.41, 5.74) is 10.5. The minimum Gasteiger partial charge on any atom is -0.480 e. The summed E-state index contributed by atoms with van der Waals surface area (Å²) in [6.07, 6.45) is 1.24. The number of carboxylic acid groups (broad SMARTS) is 1. The Bertz CT molecular complexity index is 229. The van der Waals surface area contributed by atoms with Crippen LogP contribution < -0.4 is 11.5 Å². The van der Waals surface area contributed by atoms with Crippen LogP contribution in [-0.2, 0) is 14.3 Å². The number of esters is 1. The highest BCUT2D eigenvalue weighted by molar-refractivity contribution is 5.78. The van der Waals surface area contributed by atoms with Gasteiger partial charge in [-0.15, -0.1) is 0 Å². The van der Waals surface area contributed by atoms with Crippen molar-refractivity contribution in [3.8, 4) is 0 Å². The molecule has 0 spiro atoms. The van der Waals surface area contributed by atoms with Crippen molar-refractivity contribution in [3.63, 3.8) is 0 Å². The summed E-state index contributed by atoms with van der Waals surface area (Å²) in [7, 11) is 0. The van der Waals surface area contributed by atoms with Crippen molar-refractivity contribution < 1.29 is 19.4 Å². The maximum absolute atomic E-state index is 11.0.